The highest BCUT2D eigenvalue weighted by Crippen LogP contribution is 2.32. The highest BCUT2D eigenvalue weighted by Gasteiger charge is 2.25. The maximum atomic E-state index is 5.65. The van der Waals surface area contributed by atoms with E-state index in [-0.39, 0.29) is 12.1 Å². The zero-order valence-electron chi connectivity index (χ0n) is 9.50. The minimum atomic E-state index is 0.164. The number of benzene rings is 1. The Labute approximate surface area is 104 Å². The summed E-state index contributed by atoms with van der Waals surface area (Å²) >= 11 is 3.49. The summed E-state index contributed by atoms with van der Waals surface area (Å²) in [6, 6.07) is 6.24. The maximum absolute atomic E-state index is 5.65. The molecule has 16 heavy (non-hydrogen) atoms. The number of methoxy groups -OCH3 is 1. The monoisotopic (exact) mass is 285 g/mol. The Morgan fingerprint density at radius 1 is 1.50 bits per heavy atom. The zero-order chi connectivity index (χ0) is 11.5. The Morgan fingerprint density at radius 3 is 3.00 bits per heavy atom. The van der Waals surface area contributed by atoms with Crippen LogP contribution in [0.2, 0.25) is 0 Å². The van der Waals surface area contributed by atoms with Crippen molar-refractivity contribution in [1.29, 1.82) is 0 Å². The van der Waals surface area contributed by atoms with Crippen molar-refractivity contribution in [2.45, 2.75) is 19.1 Å². The van der Waals surface area contributed by atoms with Gasteiger partial charge in [0.1, 0.15) is 5.75 Å². The third kappa shape index (κ3) is 2.39. The molecular weight excluding hydrogens is 270 g/mol. The molecule has 0 aliphatic carbocycles. The molecule has 2 rings (SSSR count). The molecule has 1 aliphatic rings. The van der Waals surface area contributed by atoms with Crippen LogP contribution in [0, 0.1) is 0 Å². The van der Waals surface area contributed by atoms with Gasteiger partial charge < -0.3 is 14.8 Å². The van der Waals surface area contributed by atoms with E-state index in [9.17, 15) is 0 Å². The van der Waals surface area contributed by atoms with Crippen LogP contribution in [-0.2, 0) is 4.74 Å². The molecule has 0 saturated carbocycles. The van der Waals surface area contributed by atoms with Gasteiger partial charge in [0.15, 0.2) is 0 Å². The molecule has 2 atom stereocenters. The molecule has 1 fully saturated rings. The van der Waals surface area contributed by atoms with E-state index in [1.807, 2.05) is 12.1 Å². The lowest BCUT2D eigenvalue weighted by atomic mass is 10.00. The van der Waals surface area contributed by atoms with E-state index < -0.39 is 0 Å². The Bertz CT molecular complexity index is 370. The highest BCUT2D eigenvalue weighted by atomic mass is 79.9. The topological polar surface area (TPSA) is 30.5 Å². The molecule has 1 aromatic rings. The van der Waals surface area contributed by atoms with E-state index in [1.54, 1.807) is 7.11 Å². The van der Waals surface area contributed by atoms with Gasteiger partial charge in [-0.05, 0) is 25.1 Å². The molecule has 1 aliphatic heterocycles. The van der Waals surface area contributed by atoms with Gasteiger partial charge in [-0.1, -0.05) is 15.9 Å². The zero-order valence-corrected chi connectivity index (χ0v) is 11.1. The van der Waals surface area contributed by atoms with Crippen LogP contribution in [0.4, 0.5) is 0 Å². The molecule has 0 aromatic heterocycles. The van der Waals surface area contributed by atoms with Gasteiger partial charge in [0.2, 0.25) is 0 Å². The molecule has 0 bridgehead atoms. The second kappa shape index (κ2) is 5.17. The predicted molar refractivity (Wildman–Crippen MR) is 66.9 cm³/mol. The fourth-order valence-electron chi connectivity index (χ4n) is 2.03. The Morgan fingerprint density at radius 2 is 2.31 bits per heavy atom. The van der Waals surface area contributed by atoms with E-state index in [0.29, 0.717) is 0 Å². The number of rotatable bonds is 2. The van der Waals surface area contributed by atoms with Crippen LogP contribution in [0.15, 0.2) is 22.7 Å². The third-order valence-corrected chi connectivity index (χ3v) is 3.34. The molecule has 1 N–H and O–H groups in total. The van der Waals surface area contributed by atoms with Crippen molar-refractivity contribution in [1.82, 2.24) is 5.32 Å². The fraction of sp³-hybridized carbons (Fsp3) is 0.500. The lowest BCUT2D eigenvalue weighted by Gasteiger charge is -2.31. The van der Waals surface area contributed by atoms with Gasteiger partial charge in [0.25, 0.3) is 0 Å². The smallest absolute Gasteiger partial charge is 0.123 e. The number of morpholine rings is 1. The van der Waals surface area contributed by atoms with E-state index in [2.05, 4.69) is 34.2 Å². The van der Waals surface area contributed by atoms with Crippen molar-refractivity contribution in [2.75, 3.05) is 20.3 Å². The molecule has 88 valence electrons. The largest absolute Gasteiger partial charge is 0.496 e. The number of ether oxygens (including phenoxy) is 2. The third-order valence-electron chi connectivity index (χ3n) is 2.84. The lowest BCUT2D eigenvalue weighted by Crippen LogP contribution is -2.40. The summed E-state index contributed by atoms with van der Waals surface area (Å²) < 4.78 is 12.1. The molecule has 4 heteroatoms. The molecule has 1 aromatic carbocycles. The van der Waals surface area contributed by atoms with Crippen molar-refractivity contribution >= 4 is 15.9 Å². The van der Waals surface area contributed by atoms with Crippen LogP contribution in [0.5, 0.6) is 5.75 Å². The SMILES string of the molecule is COc1ccc(Br)cc1C1NCCOC1C. The number of hydrogen-bond acceptors (Lipinski definition) is 3. The van der Waals surface area contributed by atoms with Gasteiger partial charge >= 0.3 is 0 Å². The summed E-state index contributed by atoms with van der Waals surface area (Å²) in [6.07, 6.45) is 0.164. The summed E-state index contributed by atoms with van der Waals surface area (Å²) in [4.78, 5) is 0. The van der Waals surface area contributed by atoms with Crippen LogP contribution in [0.3, 0.4) is 0 Å². The molecule has 3 nitrogen and oxygen atoms in total. The second-order valence-electron chi connectivity index (χ2n) is 3.89. The van der Waals surface area contributed by atoms with Crippen molar-refractivity contribution in [3.8, 4) is 5.75 Å². The normalized spacial score (nSPS) is 25.4. The Kier molecular flexibility index (Phi) is 3.84. The first-order valence-electron chi connectivity index (χ1n) is 5.41. The highest BCUT2D eigenvalue weighted by molar-refractivity contribution is 9.10. The molecule has 0 amide bonds. The fourth-order valence-corrected chi connectivity index (χ4v) is 2.41. The summed E-state index contributed by atoms with van der Waals surface area (Å²) in [7, 11) is 1.70. The maximum Gasteiger partial charge on any atom is 0.123 e. The molecule has 1 saturated heterocycles. The summed E-state index contributed by atoms with van der Waals surface area (Å²) in [5.74, 6) is 0.901. The molecule has 1 heterocycles. The molecule has 0 spiro atoms. The van der Waals surface area contributed by atoms with Crippen LogP contribution < -0.4 is 10.1 Å². The molecular formula is C12H16BrNO2. The standard InChI is InChI=1S/C12H16BrNO2/c1-8-12(14-5-6-16-8)10-7-9(13)3-4-11(10)15-2/h3-4,7-8,12,14H,5-6H2,1-2H3. The van der Waals surface area contributed by atoms with Gasteiger partial charge in [-0.15, -0.1) is 0 Å². The van der Waals surface area contributed by atoms with Crippen LogP contribution in [0.25, 0.3) is 0 Å². The lowest BCUT2D eigenvalue weighted by molar-refractivity contribution is 0.00694. The van der Waals surface area contributed by atoms with E-state index in [0.717, 1.165) is 28.9 Å². The molecule has 0 radical (unpaired) electrons. The first-order chi connectivity index (χ1) is 7.72. The Hall–Kier alpha value is -0.580. The quantitative estimate of drug-likeness (QED) is 0.906. The van der Waals surface area contributed by atoms with E-state index in [1.165, 1.54) is 0 Å². The number of hydrogen-bond donors (Lipinski definition) is 1. The Balaban J connectivity index is 2.33. The van der Waals surface area contributed by atoms with Crippen LogP contribution >= 0.6 is 15.9 Å². The van der Waals surface area contributed by atoms with E-state index in [4.69, 9.17) is 9.47 Å². The average Bonchev–Trinajstić information content (AvgIpc) is 2.29. The summed E-state index contributed by atoms with van der Waals surface area (Å²) in [5, 5.41) is 3.46. The summed E-state index contributed by atoms with van der Waals surface area (Å²) in [5.41, 5.74) is 1.14. The summed E-state index contributed by atoms with van der Waals surface area (Å²) in [6.45, 7) is 3.73. The van der Waals surface area contributed by atoms with Crippen molar-refractivity contribution in [3.63, 3.8) is 0 Å². The van der Waals surface area contributed by atoms with E-state index >= 15 is 0 Å². The average molecular weight is 286 g/mol. The minimum Gasteiger partial charge on any atom is -0.496 e. The van der Waals surface area contributed by atoms with Crippen molar-refractivity contribution in [3.05, 3.63) is 28.2 Å². The first kappa shape index (κ1) is 11.9. The van der Waals surface area contributed by atoms with Gasteiger partial charge in [0, 0.05) is 16.6 Å². The number of nitrogens with one attached hydrogen (secondary N) is 1. The van der Waals surface area contributed by atoms with Gasteiger partial charge in [-0.3, -0.25) is 0 Å². The first-order valence-corrected chi connectivity index (χ1v) is 6.20. The van der Waals surface area contributed by atoms with Gasteiger partial charge in [-0.25, -0.2) is 0 Å². The molecule has 2 unspecified atom stereocenters. The van der Waals surface area contributed by atoms with Gasteiger partial charge in [-0.2, -0.15) is 0 Å². The van der Waals surface area contributed by atoms with Crippen molar-refractivity contribution in [2.24, 2.45) is 0 Å². The minimum absolute atomic E-state index is 0.164. The number of halogens is 1. The second-order valence-corrected chi connectivity index (χ2v) is 4.81. The van der Waals surface area contributed by atoms with Gasteiger partial charge in [0.05, 0.1) is 25.9 Å². The van der Waals surface area contributed by atoms with Crippen molar-refractivity contribution < 1.29 is 9.47 Å². The van der Waals surface area contributed by atoms with Crippen LogP contribution in [0.1, 0.15) is 18.5 Å². The predicted octanol–water partition coefficient (Wildman–Crippen LogP) is 2.51. The van der Waals surface area contributed by atoms with Crippen LogP contribution in [-0.4, -0.2) is 26.4 Å².